The van der Waals surface area contributed by atoms with E-state index in [4.69, 9.17) is 9.47 Å². The van der Waals surface area contributed by atoms with Crippen LogP contribution in [0.3, 0.4) is 0 Å². The van der Waals surface area contributed by atoms with E-state index in [9.17, 15) is 4.79 Å². The van der Waals surface area contributed by atoms with Crippen LogP contribution >= 0.6 is 0 Å². The van der Waals surface area contributed by atoms with E-state index in [1.807, 2.05) is 55.4 Å². The lowest BCUT2D eigenvalue weighted by Crippen LogP contribution is -2.08. The minimum Gasteiger partial charge on any atom is -0.496 e. The lowest BCUT2D eigenvalue weighted by atomic mass is 10.1. The molecular formula is C19H18N2O3. The van der Waals surface area contributed by atoms with Crippen molar-refractivity contribution in [3.8, 4) is 5.75 Å². The second kappa shape index (κ2) is 6.58. The summed E-state index contributed by atoms with van der Waals surface area (Å²) in [6.45, 7) is 0. The standard InChI is InChI=1S/C19H18N2O3/c1-21(2)14-10-8-13(9-11-14)12-16-19(22)24-18(20-16)15-6-4-5-7-17(15)23-3/h4-12H,1-3H3/b16-12-. The Bertz CT molecular complexity index is 821. The van der Waals surface area contributed by atoms with Gasteiger partial charge in [0.15, 0.2) is 5.70 Å². The number of carbonyl (C=O) groups excluding carboxylic acids is 1. The highest BCUT2D eigenvalue weighted by Gasteiger charge is 2.26. The summed E-state index contributed by atoms with van der Waals surface area (Å²) in [6, 6.07) is 15.1. The van der Waals surface area contributed by atoms with E-state index in [2.05, 4.69) is 4.99 Å². The number of ether oxygens (including phenoxy) is 2. The van der Waals surface area contributed by atoms with Crippen LogP contribution in [0.5, 0.6) is 5.75 Å². The van der Waals surface area contributed by atoms with Gasteiger partial charge in [-0.1, -0.05) is 24.3 Å². The number of aliphatic imine (C=N–C) groups is 1. The van der Waals surface area contributed by atoms with Crippen LogP contribution in [0.15, 0.2) is 59.2 Å². The molecule has 24 heavy (non-hydrogen) atoms. The first-order valence-electron chi connectivity index (χ1n) is 7.52. The van der Waals surface area contributed by atoms with Gasteiger partial charge in [-0.15, -0.1) is 0 Å². The van der Waals surface area contributed by atoms with Gasteiger partial charge in [-0.25, -0.2) is 9.79 Å². The summed E-state index contributed by atoms with van der Waals surface area (Å²) in [6.07, 6.45) is 1.71. The van der Waals surface area contributed by atoms with Gasteiger partial charge in [-0.2, -0.15) is 0 Å². The molecule has 1 aliphatic rings. The highest BCUT2D eigenvalue weighted by Crippen LogP contribution is 2.25. The zero-order valence-corrected chi connectivity index (χ0v) is 13.8. The van der Waals surface area contributed by atoms with Gasteiger partial charge in [-0.05, 0) is 35.9 Å². The maximum absolute atomic E-state index is 12.1. The van der Waals surface area contributed by atoms with E-state index >= 15 is 0 Å². The minimum atomic E-state index is -0.465. The molecular weight excluding hydrogens is 304 g/mol. The van der Waals surface area contributed by atoms with Crippen LogP contribution in [0.4, 0.5) is 5.69 Å². The summed E-state index contributed by atoms with van der Waals surface area (Å²) < 4.78 is 10.6. The Morgan fingerprint density at radius 3 is 2.46 bits per heavy atom. The van der Waals surface area contributed by atoms with Gasteiger partial charge in [0.05, 0.1) is 12.7 Å². The maximum atomic E-state index is 12.1. The number of hydrogen-bond acceptors (Lipinski definition) is 5. The molecule has 1 aliphatic heterocycles. The molecule has 0 aliphatic carbocycles. The van der Waals surface area contributed by atoms with Crippen molar-refractivity contribution in [3.05, 3.63) is 65.4 Å². The molecule has 0 amide bonds. The second-order valence-corrected chi connectivity index (χ2v) is 5.52. The van der Waals surface area contributed by atoms with Crippen molar-refractivity contribution in [2.45, 2.75) is 0 Å². The first-order chi connectivity index (χ1) is 11.6. The van der Waals surface area contributed by atoms with E-state index < -0.39 is 5.97 Å². The molecule has 0 N–H and O–H groups in total. The minimum absolute atomic E-state index is 0.258. The van der Waals surface area contributed by atoms with Crippen LogP contribution in [-0.2, 0) is 9.53 Å². The molecule has 0 atom stereocenters. The molecule has 2 aromatic carbocycles. The predicted molar refractivity (Wildman–Crippen MR) is 94.4 cm³/mol. The molecule has 0 bridgehead atoms. The Morgan fingerprint density at radius 1 is 1.08 bits per heavy atom. The topological polar surface area (TPSA) is 51.1 Å². The van der Waals surface area contributed by atoms with E-state index in [-0.39, 0.29) is 11.6 Å². The lowest BCUT2D eigenvalue weighted by molar-refractivity contribution is -0.129. The molecule has 0 spiro atoms. The average molecular weight is 322 g/mol. The third-order valence-corrected chi connectivity index (χ3v) is 3.67. The summed E-state index contributed by atoms with van der Waals surface area (Å²) in [5.74, 6) is 0.404. The number of para-hydroxylation sites is 1. The Hall–Kier alpha value is -3.08. The molecule has 5 nitrogen and oxygen atoms in total. The van der Waals surface area contributed by atoms with Crippen molar-refractivity contribution in [2.75, 3.05) is 26.1 Å². The maximum Gasteiger partial charge on any atom is 0.363 e. The molecule has 1 heterocycles. The number of anilines is 1. The molecule has 0 radical (unpaired) electrons. The fourth-order valence-corrected chi connectivity index (χ4v) is 2.37. The van der Waals surface area contributed by atoms with E-state index in [0.29, 0.717) is 11.3 Å². The quantitative estimate of drug-likeness (QED) is 0.641. The van der Waals surface area contributed by atoms with Gasteiger partial charge in [0.25, 0.3) is 0 Å². The van der Waals surface area contributed by atoms with Crippen molar-refractivity contribution in [1.29, 1.82) is 0 Å². The van der Waals surface area contributed by atoms with E-state index in [0.717, 1.165) is 11.3 Å². The molecule has 0 saturated heterocycles. The Labute approximate surface area is 140 Å². The van der Waals surface area contributed by atoms with Crippen LogP contribution in [-0.4, -0.2) is 33.1 Å². The average Bonchev–Trinajstić information content (AvgIpc) is 2.96. The van der Waals surface area contributed by atoms with Crippen molar-refractivity contribution < 1.29 is 14.3 Å². The number of esters is 1. The number of rotatable bonds is 4. The third kappa shape index (κ3) is 3.15. The number of methoxy groups -OCH3 is 1. The van der Waals surface area contributed by atoms with Crippen molar-refractivity contribution in [3.63, 3.8) is 0 Å². The monoisotopic (exact) mass is 322 g/mol. The fourth-order valence-electron chi connectivity index (χ4n) is 2.37. The lowest BCUT2D eigenvalue weighted by Gasteiger charge is -2.11. The van der Waals surface area contributed by atoms with Crippen molar-refractivity contribution in [2.24, 2.45) is 4.99 Å². The number of carbonyl (C=O) groups is 1. The van der Waals surface area contributed by atoms with Crippen molar-refractivity contribution in [1.82, 2.24) is 0 Å². The molecule has 0 fully saturated rings. The summed E-state index contributed by atoms with van der Waals surface area (Å²) in [7, 11) is 5.52. The zero-order valence-electron chi connectivity index (χ0n) is 13.8. The molecule has 2 aromatic rings. The molecule has 122 valence electrons. The summed E-state index contributed by atoms with van der Waals surface area (Å²) in [5, 5.41) is 0. The normalized spacial score (nSPS) is 15.2. The first kappa shape index (κ1) is 15.8. The fraction of sp³-hybridized carbons (Fsp3) is 0.158. The molecule has 0 saturated carbocycles. The number of benzene rings is 2. The van der Waals surface area contributed by atoms with Gasteiger partial charge in [0, 0.05) is 19.8 Å². The van der Waals surface area contributed by atoms with Crippen LogP contribution in [0, 0.1) is 0 Å². The van der Waals surface area contributed by atoms with Crippen LogP contribution in [0.25, 0.3) is 6.08 Å². The van der Waals surface area contributed by atoms with Gasteiger partial charge in [0.1, 0.15) is 5.75 Å². The second-order valence-electron chi connectivity index (χ2n) is 5.52. The Morgan fingerprint density at radius 2 is 1.79 bits per heavy atom. The van der Waals surface area contributed by atoms with Gasteiger partial charge in [-0.3, -0.25) is 0 Å². The number of cyclic esters (lactones) is 1. The smallest absolute Gasteiger partial charge is 0.363 e. The Kier molecular flexibility index (Phi) is 4.33. The first-order valence-corrected chi connectivity index (χ1v) is 7.52. The molecule has 0 aromatic heterocycles. The van der Waals surface area contributed by atoms with E-state index in [1.165, 1.54) is 0 Å². The number of hydrogen-bond donors (Lipinski definition) is 0. The van der Waals surface area contributed by atoms with Gasteiger partial charge >= 0.3 is 5.97 Å². The highest BCUT2D eigenvalue weighted by molar-refractivity contribution is 6.13. The Balaban J connectivity index is 1.91. The van der Waals surface area contributed by atoms with Crippen LogP contribution in [0.2, 0.25) is 0 Å². The SMILES string of the molecule is COc1ccccc1C1=N/C(=C\c2ccc(N(C)C)cc2)C(=O)O1. The largest absolute Gasteiger partial charge is 0.496 e. The van der Waals surface area contributed by atoms with Crippen LogP contribution in [0.1, 0.15) is 11.1 Å². The summed E-state index contributed by atoms with van der Waals surface area (Å²) in [4.78, 5) is 18.4. The summed E-state index contributed by atoms with van der Waals surface area (Å²) in [5.41, 5.74) is 2.90. The molecule has 5 heteroatoms. The third-order valence-electron chi connectivity index (χ3n) is 3.67. The van der Waals surface area contributed by atoms with Crippen LogP contribution < -0.4 is 9.64 Å². The molecule has 3 rings (SSSR count). The highest BCUT2D eigenvalue weighted by atomic mass is 16.6. The summed E-state index contributed by atoms with van der Waals surface area (Å²) >= 11 is 0. The van der Waals surface area contributed by atoms with E-state index in [1.54, 1.807) is 25.3 Å². The van der Waals surface area contributed by atoms with Gasteiger partial charge < -0.3 is 14.4 Å². The molecule has 0 unspecified atom stereocenters. The van der Waals surface area contributed by atoms with Crippen molar-refractivity contribution >= 4 is 23.6 Å². The number of nitrogens with zero attached hydrogens (tertiary/aromatic N) is 2. The predicted octanol–water partition coefficient (Wildman–Crippen LogP) is 3.11. The van der Waals surface area contributed by atoms with Gasteiger partial charge in [0.2, 0.25) is 5.90 Å². The zero-order chi connectivity index (χ0) is 17.1.